The molecule has 1 aromatic carbocycles. The maximum atomic E-state index is 13.3. The van der Waals surface area contributed by atoms with Gasteiger partial charge in [0.1, 0.15) is 5.82 Å². The molecule has 1 aliphatic carbocycles. The number of rotatable bonds is 4. The Morgan fingerprint density at radius 2 is 1.69 bits per heavy atom. The van der Waals surface area contributed by atoms with Gasteiger partial charge >= 0.3 is 0 Å². The van der Waals surface area contributed by atoms with Gasteiger partial charge in [0.05, 0.1) is 12.0 Å². The molecule has 2 aliphatic heterocycles. The third-order valence-corrected chi connectivity index (χ3v) is 7.15. The Kier molecular flexibility index (Phi) is 5.91. The Hall–Kier alpha value is -1.95. The van der Waals surface area contributed by atoms with Crippen molar-refractivity contribution >= 4 is 11.8 Å². The Labute approximate surface area is 172 Å². The fraction of sp³-hybridized carbons (Fsp3) is 0.652. The van der Waals surface area contributed by atoms with Crippen molar-refractivity contribution < 1.29 is 14.0 Å². The van der Waals surface area contributed by atoms with E-state index in [9.17, 15) is 14.0 Å². The maximum Gasteiger partial charge on any atom is 0.236 e. The molecule has 1 atom stereocenters. The Morgan fingerprint density at radius 1 is 1.00 bits per heavy atom. The molecule has 29 heavy (non-hydrogen) atoms. The second kappa shape index (κ2) is 8.42. The van der Waals surface area contributed by atoms with Crippen LogP contribution in [0.3, 0.4) is 0 Å². The van der Waals surface area contributed by atoms with Gasteiger partial charge in [-0.15, -0.1) is 0 Å². The lowest BCUT2D eigenvalue weighted by molar-refractivity contribution is -0.143. The number of hydrogen-bond acceptors (Lipinski definition) is 3. The standard InChI is InChI=1S/C23H32FN3O2/c1-18-5-2-3-12-27(18)21(28)17-25-13-15-26(16-14-25)22(29)23(10-4-11-23)19-6-8-20(24)9-7-19/h6-9,18H,2-5,10-17H2,1H3. The monoisotopic (exact) mass is 401 g/mol. The highest BCUT2D eigenvalue weighted by molar-refractivity contribution is 5.89. The first kappa shape index (κ1) is 20.3. The largest absolute Gasteiger partial charge is 0.339 e. The molecule has 4 rings (SSSR count). The molecule has 0 spiro atoms. The zero-order valence-electron chi connectivity index (χ0n) is 17.4. The molecular formula is C23H32FN3O2. The SMILES string of the molecule is CC1CCCCN1C(=O)CN1CCN(C(=O)C2(c3ccc(F)cc3)CCC2)CC1. The molecule has 0 N–H and O–H groups in total. The highest BCUT2D eigenvalue weighted by Gasteiger charge is 2.48. The molecule has 2 saturated heterocycles. The van der Waals surface area contributed by atoms with Gasteiger partial charge in [-0.3, -0.25) is 14.5 Å². The molecule has 2 amide bonds. The summed E-state index contributed by atoms with van der Waals surface area (Å²) in [5.41, 5.74) is 0.460. The average molecular weight is 402 g/mol. The zero-order chi connectivity index (χ0) is 20.4. The molecule has 3 fully saturated rings. The van der Waals surface area contributed by atoms with E-state index in [1.165, 1.54) is 18.6 Å². The van der Waals surface area contributed by atoms with Crippen molar-refractivity contribution in [3.05, 3.63) is 35.6 Å². The van der Waals surface area contributed by atoms with Crippen LogP contribution < -0.4 is 0 Å². The molecular weight excluding hydrogens is 369 g/mol. The Morgan fingerprint density at radius 3 is 2.28 bits per heavy atom. The van der Waals surface area contributed by atoms with E-state index < -0.39 is 5.41 Å². The van der Waals surface area contributed by atoms with E-state index in [4.69, 9.17) is 0 Å². The van der Waals surface area contributed by atoms with E-state index >= 15 is 0 Å². The number of benzene rings is 1. The Bertz CT molecular complexity index is 739. The summed E-state index contributed by atoms with van der Waals surface area (Å²) in [6.45, 7) is 6.25. The summed E-state index contributed by atoms with van der Waals surface area (Å²) in [7, 11) is 0. The first-order valence-electron chi connectivity index (χ1n) is 11.1. The van der Waals surface area contributed by atoms with Crippen LogP contribution in [-0.2, 0) is 15.0 Å². The predicted octanol–water partition coefficient (Wildman–Crippen LogP) is 2.79. The molecule has 0 aromatic heterocycles. The number of piperazine rings is 1. The van der Waals surface area contributed by atoms with Crippen molar-refractivity contribution in [2.24, 2.45) is 0 Å². The second-order valence-corrected chi connectivity index (χ2v) is 8.94. The summed E-state index contributed by atoms with van der Waals surface area (Å²) in [5, 5.41) is 0. The molecule has 5 nitrogen and oxygen atoms in total. The van der Waals surface area contributed by atoms with Gasteiger partial charge in [0.15, 0.2) is 0 Å². The quantitative estimate of drug-likeness (QED) is 0.779. The number of halogens is 1. The van der Waals surface area contributed by atoms with Crippen LogP contribution in [0.4, 0.5) is 4.39 Å². The van der Waals surface area contributed by atoms with Crippen LogP contribution in [-0.4, -0.2) is 71.8 Å². The van der Waals surface area contributed by atoms with Crippen LogP contribution in [0.1, 0.15) is 51.0 Å². The van der Waals surface area contributed by atoms with Crippen LogP contribution in [0.2, 0.25) is 0 Å². The van der Waals surface area contributed by atoms with Crippen LogP contribution in [0.25, 0.3) is 0 Å². The van der Waals surface area contributed by atoms with Crippen molar-refractivity contribution in [3.63, 3.8) is 0 Å². The first-order valence-corrected chi connectivity index (χ1v) is 11.1. The molecule has 3 aliphatic rings. The van der Waals surface area contributed by atoms with Gasteiger partial charge in [-0.2, -0.15) is 0 Å². The first-order chi connectivity index (χ1) is 14.0. The third-order valence-electron chi connectivity index (χ3n) is 7.15. The number of likely N-dealkylation sites (tertiary alicyclic amines) is 1. The minimum atomic E-state index is -0.477. The number of piperidine rings is 1. The molecule has 6 heteroatoms. The molecule has 2 heterocycles. The van der Waals surface area contributed by atoms with Crippen LogP contribution >= 0.6 is 0 Å². The van der Waals surface area contributed by atoms with E-state index in [0.717, 1.165) is 57.3 Å². The third kappa shape index (κ3) is 4.04. The number of amides is 2. The van der Waals surface area contributed by atoms with Gasteiger partial charge in [-0.25, -0.2) is 4.39 Å². The molecule has 0 bridgehead atoms. The van der Waals surface area contributed by atoms with E-state index in [1.54, 1.807) is 12.1 Å². The summed E-state index contributed by atoms with van der Waals surface area (Å²) in [4.78, 5) is 32.2. The van der Waals surface area contributed by atoms with Gasteiger partial charge in [0.25, 0.3) is 0 Å². The lowest BCUT2D eigenvalue weighted by Gasteiger charge is -2.46. The van der Waals surface area contributed by atoms with Crippen LogP contribution in [0.5, 0.6) is 0 Å². The number of carbonyl (C=O) groups excluding carboxylic acids is 2. The van der Waals surface area contributed by atoms with Crippen LogP contribution in [0, 0.1) is 5.82 Å². The fourth-order valence-electron chi connectivity index (χ4n) is 5.09. The zero-order valence-corrected chi connectivity index (χ0v) is 17.4. The topological polar surface area (TPSA) is 43.9 Å². The van der Waals surface area contributed by atoms with Crippen molar-refractivity contribution in [2.75, 3.05) is 39.3 Å². The number of carbonyl (C=O) groups is 2. The molecule has 0 radical (unpaired) electrons. The minimum Gasteiger partial charge on any atom is -0.339 e. The minimum absolute atomic E-state index is 0.172. The average Bonchev–Trinajstić information content (AvgIpc) is 2.69. The lowest BCUT2D eigenvalue weighted by atomic mass is 9.63. The number of hydrogen-bond donors (Lipinski definition) is 0. The van der Waals surface area contributed by atoms with Crippen molar-refractivity contribution in [1.82, 2.24) is 14.7 Å². The van der Waals surface area contributed by atoms with E-state index in [-0.39, 0.29) is 17.6 Å². The Balaban J connectivity index is 1.33. The van der Waals surface area contributed by atoms with Crippen molar-refractivity contribution in [2.45, 2.75) is 56.9 Å². The maximum absolute atomic E-state index is 13.3. The van der Waals surface area contributed by atoms with Crippen molar-refractivity contribution in [1.29, 1.82) is 0 Å². The van der Waals surface area contributed by atoms with E-state index in [2.05, 4.69) is 11.8 Å². The summed E-state index contributed by atoms with van der Waals surface area (Å²) in [6.07, 6.45) is 6.11. The highest BCUT2D eigenvalue weighted by Crippen LogP contribution is 2.45. The summed E-state index contributed by atoms with van der Waals surface area (Å²) >= 11 is 0. The van der Waals surface area contributed by atoms with Gasteiger partial charge in [-0.1, -0.05) is 18.6 Å². The summed E-state index contributed by atoms with van der Waals surface area (Å²) in [5.74, 6) is 0.127. The van der Waals surface area contributed by atoms with Gasteiger partial charge in [0, 0.05) is 38.8 Å². The second-order valence-electron chi connectivity index (χ2n) is 8.94. The normalized spacial score (nSPS) is 24.8. The molecule has 158 valence electrons. The van der Waals surface area contributed by atoms with Gasteiger partial charge in [0.2, 0.25) is 11.8 Å². The lowest BCUT2D eigenvalue weighted by Crippen LogP contribution is -2.58. The smallest absolute Gasteiger partial charge is 0.236 e. The number of nitrogens with zero attached hydrogens (tertiary/aromatic N) is 3. The van der Waals surface area contributed by atoms with E-state index in [1.807, 2.05) is 9.80 Å². The van der Waals surface area contributed by atoms with Gasteiger partial charge < -0.3 is 9.80 Å². The summed E-state index contributed by atoms with van der Waals surface area (Å²) < 4.78 is 13.3. The van der Waals surface area contributed by atoms with E-state index in [0.29, 0.717) is 25.7 Å². The van der Waals surface area contributed by atoms with Crippen molar-refractivity contribution in [3.8, 4) is 0 Å². The predicted molar refractivity (Wildman–Crippen MR) is 110 cm³/mol. The fourth-order valence-corrected chi connectivity index (χ4v) is 5.09. The van der Waals surface area contributed by atoms with Crippen LogP contribution in [0.15, 0.2) is 24.3 Å². The molecule has 1 unspecified atom stereocenters. The molecule has 1 aromatic rings. The molecule has 1 saturated carbocycles. The van der Waals surface area contributed by atoms with Gasteiger partial charge in [-0.05, 0) is 56.7 Å². The summed E-state index contributed by atoms with van der Waals surface area (Å²) in [6, 6.07) is 6.78. The highest BCUT2D eigenvalue weighted by atomic mass is 19.1.